The molecule has 7 nitrogen and oxygen atoms in total. The maximum absolute atomic E-state index is 12.9. The molecular formula is C20H31N3O4. The molecule has 1 rings (SSSR count). The van der Waals surface area contributed by atoms with Crippen molar-refractivity contribution in [3.8, 4) is 0 Å². The minimum absolute atomic E-state index is 0.126. The molecule has 0 aromatic heterocycles. The lowest BCUT2D eigenvalue weighted by Gasteiger charge is -2.31. The molecule has 1 aromatic carbocycles. The van der Waals surface area contributed by atoms with Gasteiger partial charge in [-0.1, -0.05) is 51.1 Å². The molecule has 0 saturated heterocycles. The van der Waals surface area contributed by atoms with E-state index < -0.39 is 23.3 Å². The summed E-state index contributed by atoms with van der Waals surface area (Å²) >= 11 is 0. The summed E-state index contributed by atoms with van der Waals surface area (Å²) in [6.07, 6.45) is 1.05. The van der Waals surface area contributed by atoms with E-state index in [1.165, 1.54) is 14.0 Å². The first-order chi connectivity index (χ1) is 12.6. The Bertz CT molecular complexity index is 640. The molecule has 7 heteroatoms. The van der Waals surface area contributed by atoms with Crippen molar-refractivity contribution in [3.05, 3.63) is 35.9 Å². The van der Waals surface area contributed by atoms with E-state index in [1.54, 1.807) is 0 Å². The Hall–Kier alpha value is -2.41. The highest BCUT2D eigenvalue weighted by Crippen LogP contribution is 2.21. The fourth-order valence-corrected chi connectivity index (χ4v) is 2.71. The van der Waals surface area contributed by atoms with Gasteiger partial charge in [-0.3, -0.25) is 19.6 Å². The second kappa shape index (κ2) is 10.1. The molecule has 0 aliphatic heterocycles. The molecule has 2 atom stereocenters. The van der Waals surface area contributed by atoms with Crippen LogP contribution in [0.15, 0.2) is 30.3 Å². The van der Waals surface area contributed by atoms with Crippen molar-refractivity contribution in [1.29, 1.82) is 0 Å². The Kier molecular flexibility index (Phi) is 8.43. The van der Waals surface area contributed by atoms with E-state index >= 15 is 0 Å². The Labute approximate surface area is 161 Å². The molecule has 0 aliphatic rings. The summed E-state index contributed by atoms with van der Waals surface area (Å²) in [7, 11) is 1.52. The van der Waals surface area contributed by atoms with Crippen LogP contribution in [0, 0.1) is 11.3 Å². The van der Waals surface area contributed by atoms with Crippen LogP contribution < -0.4 is 10.6 Å². The maximum atomic E-state index is 12.9. The van der Waals surface area contributed by atoms with Gasteiger partial charge in [0.05, 0.1) is 12.5 Å². The van der Waals surface area contributed by atoms with Crippen LogP contribution in [0.3, 0.4) is 0 Å². The Balaban J connectivity index is 2.93. The quantitative estimate of drug-likeness (QED) is 0.475. The normalized spacial score (nSPS) is 13.4. The average molecular weight is 377 g/mol. The van der Waals surface area contributed by atoms with Crippen LogP contribution in [-0.2, 0) is 20.8 Å². The fourth-order valence-electron chi connectivity index (χ4n) is 2.71. The first kappa shape index (κ1) is 22.6. The smallest absolute Gasteiger partial charge is 0.242 e. The number of hydroxylamine groups is 2. The highest BCUT2D eigenvalue weighted by Gasteiger charge is 2.34. The molecule has 27 heavy (non-hydrogen) atoms. The van der Waals surface area contributed by atoms with E-state index in [2.05, 4.69) is 10.6 Å². The molecule has 3 N–H and O–H groups in total. The van der Waals surface area contributed by atoms with E-state index in [9.17, 15) is 19.6 Å². The van der Waals surface area contributed by atoms with Crippen LogP contribution in [0.25, 0.3) is 0 Å². The number of nitrogens with zero attached hydrogens (tertiary/aromatic N) is 1. The third-order valence-electron chi connectivity index (χ3n) is 4.41. The monoisotopic (exact) mass is 377 g/mol. The molecule has 0 heterocycles. The van der Waals surface area contributed by atoms with Gasteiger partial charge in [-0.25, -0.2) is 5.06 Å². The van der Waals surface area contributed by atoms with E-state index in [4.69, 9.17) is 0 Å². The zero-order valence-electron chi connectivity index (χ0n) is 16.8. The number of benzene rings is 1. The standard InChI is InChI=1S/C20H31N3O4/c1-14(24)23(27)13-16(12-11-15-9-7-6-8-10-15)18(25)22-17(19(26)21-5)20(2,3)4/h6-10,16-17,27H,11-13H2,1-5H3,(H,21,26)(H,22,25)/t16-,17+/m0/s1. The Morgan fingerprint density at radius 3 is 2.19 bits per heavy atom. The summed E-state index contributed by atoms with van der Waals surface area (Å²) < 4.78 is 0. The Morgan fingerprint density at radius 1 is 1.11 bits per heavy atom. The number of nitrogens with one attached hydrogen (secondary N) is 2. The molecule has 0 bridgehead atoms. The third-order valence-corrected chi connectivity index (χ3v) is 4.41. The van der Waals surface area contributed by atoms with Gasteiger partial charge in [0, 0.05) is 14.0 Å². The predicted octanol–water partition coefficient (Wildman–Crippen LogP) is 1.75. The summed E-state index contributed by atoms with van der Waals surface area (Å²) in [5, 5.41) is 15.7. The highest BCUT2D eigenvalue weighted by atomic mass is 16.5. The summed E-state index contributed by atoms with van der Waals surface area (Å²) in [6, 6.07) is 8.94. The maximum Gasteiger partial charge on any atom is 0.242 e. The number of rotatable bonds is 8. The van der Waals surface area contributed by atoms with Gasteiger partial charge in [0.25, 0.3) is 0 Å². The molecule has 0 aliphatic carbocycles. The average Bonchev–Trinajstić information content (AvgIpc) is 2.61. The van der Waals surface area contributed by atoms with Gasteiger partial charge in [0.2, 0.25) is 17.7 Å². The van der Waals surface area contributed by atoms with E-state index in [1.807, 2.05) is 51.1 Å². The van der Waals surface area contributed by atoms with E-state index in [0.29, 0.717) is 17.9 Å². The fraction of sp³-hybridized carbons (Fsp3) is 0.550. The van der Waals surface area contributed by atoms with Crippen LogP contribution in [0.1, 0.15) is 39.7 Å². The molecule has 150 valence electrons. The summed E-state index contributed by atoms with van der Waals surface area (Å²) in [4.78, 5) is 36.4. The van der Waals surface area contributed by atoms with Gasteiger partial charge < -0.3 is 10.6 Å². The zero-order chi connectivity index (χ0) is 20.6. The third kappa shape index (κ3) is 7.38. The van der Waals surface area contributed by atoms with Gasteiger partial charge >= 0.3 is 0 Å². The first-order valence-electron chi connectivity index (χ1n) is 9.09. The van der Waals surface area contributed by atoms with Crippen LogP contribution in [-0.4, -0.2) is 47.6 Å². The lowest BCUT2D eigenvalue weighted by Crippen LogP contribution is -2.55. The molecule has 0 fully saturated rings. The lowest BCUT2D eigenvalue weighted by atomic mass is 9.85. The zero-order valence-corrected chi connectivity index (χ0v) is 16.8. The molecule has 0 radical (unpaired) electrons. The molecule has 0 spiro atoms. The van der Waals surface area contributed by atoms with Gasteiger partial charge in [-0.2, -0.15) is 0 Å². The number of hydrogen-bond donors (Lipinski definition) is 3. The Morgan fingerprint density at radius 2 is 1.70 bits per heavy atom. The van der Waals surface area contributed by atoms with Gasteiger partial charge in [0.1, 0.15) is 6.04 Å². The van der Waals surface area contributed by atoms with Crippen molar-refractivity contribution in [1.82, 2.24) is 15.7 Å². The van der Waals surface area contributed by atoms with Crippen molar-refractivity contribution in [3.63, 3.8) is 0 Å². The number of hydrogen-bond acceptors (Lipinski definition) is 4. The van der Waals surface area contributed by atoms with Crippen molar-refractivity contribution in [2.24, 2.45) is 11.3 Å². The van der Waals surface area contributed by atoms with Crippen molar-refractivity contribution in [2.45, 2.75) is 46.6 Å². The van der Waals surface area contributed by atoms with Gasteiger partial charge in [-0.15, -0.1) is 0 Å². The topological polar surface area (TPSA) is 98.7 Å². The number of carbonyl (C=O) groups excluding carboxylic acids is 3. The number of likely N-dealkylation sites (N-methyl/N-ethyl adjacent to an activating group) is 1. The summed E-state index contributed by atoms with van der Waals surface area (Å²) in [6.45, 7) is 6.69. The second-order valence-electron chi connectivity index (χ2n) is 7.74. The van der Waals surface area contributed by atoms with Crippen LogP contribution in [0.5, 0.6) is 0 Å². The SMILES string of the molecule is CNC(=O)[C@@H](NC(=O)[C@@H](CCc1ccccc1)CN(O)C(C)=O)C(C)(C)C. The second-order valence-corrected chi connectivity index (χ2v) is 7.74. The van der Waals surface area contributed by atoms with Crippen LogP contribution in [0.2, 0.25) is 0 Å². The van der Waals surface area contributed by atoms with E-state index in [-0.39, 0.29) is 18.4 Å². The minimum atomic E-state index is -0.723. The van der Waals surface area contributed by atoms with E-state index in [0.717, 1.165) is 5.56 Å². The largest absolute Gasteiger partial charge is 0.357 e. The van der Waals surface area contributed by atoms with Crippen molar-refractivity contribution in [2.75, 3.05) is 13.6 Å². The van der Waals surface area contributed by atoms with Crippen molar-refractivity contribution >= 4 is 17.7 Å². The lowest BCUT2D eigenvalue weighted by molar-refractivity contribution is -0.166. The number of aryl methyl sites for hydroxylation is 1. The highest BCUT2D eigenvalue weighted by molar-refractivity contribution is 5.89. The molecular weight excluding hydrogens is 346 g/mol. The number of amides is 3. The molecule has 3 amide bonds. The van der Waals surface area contributed by atoms with Gasteiger partial charge in [-0.05, 0) is 23.8 Å². The van der Waals surface area contributed by atoms with Gasteiger partial charge in [0.15, 0.2) is 0 Å². The summed E-state index contributed by atoms with van der Waals surface area (Å²) in [5.41, 5.74) is 0.570. The van der Waals surface area contributed by atoms with Crippen LogP contribution in [0.4, 0.5) is 0 Å². The van der Waals surface area contributed by atoms with Crippen LogP contribution >= 0.6 is 0 Å². The number of carbonyl (C=O) groups is 3. The summed E-state index contributed by atoms with van der Waals surface area (Å²) in [5.74, 6) is -1.83. The van der Waals surface area contributed by atoms with Crippen molar-refractivity contribution < 1.29 is 19.6 Å². The predicted molar refractivity (Wildman–Crippen MR) is 103 cm³/mol. The minimum Gasteiger partial charge on any atom is -0.357 e. The molecule has 0 unspecified atom stereocenters. The first-order valence-corrected chi connectivity index (χ1v) is 9.09. The molecule has 0 saturated carbocycles. The molecule has 1 aromatic rings.